The van der Waals surface area contributed by atoms with Gasteiger partial charge in [-0.3, -0.25) is 4.90 Å². The summed E-state index contributed by atoms with van der Waals surface area (Å²) in [5, 5.41) is 4.16. The van der Waals surface area contributed by atoms with Gasteiger partial charge in [-0.25, -0.2) is 0 Å². The molecule has 0 aromatic heterocycles. The highest BCUT2D eigenvalue weighted by atomic mass is 79.9. The second-order valence-electron chi connectivity index (χ2n) is 4.11. The molecule has 0 bridgehead atoms. The smallest absolute Gasteiger partial charge is 0.0451 e. The van der Waals surface area contributed by atoms with Gasteiger partial charge in [-0.1, -0.05) is 34.5 Å². The monoisotopic (exact) mass is 302 g/mol. The molecule has 16 heavy (non-hydrogen) atoms. The van der Waals surface area contributed by atoms with Gasteiger partial charge in [0.25, 0.3) is 0 Å². The molecule has 0 atom stereocenters. The fraction of sp³-hybridized carbons (Fsp3) is 0.500. The van der Waals surface area contributed by atoms with Crippen molar-refractivity contribution < 1.29 is 0 Å². The van der Waals surface area contributed by atoms with E-state index in [1.807, 2.05) is 12.1 Å². The minimum atomic E-state index is 0.667. The van der Waals surface area contributed by atoms with Crippen LogP contribution in [0.4, 0.5) is 0 Å². The summed E-state index contributed by atoms with van der Waals surface area (Å²) < 4.78 is 1.09. The number of likely N-dealkylation sites (N-methyl/N-ethyl adjacent to an activating group) is 1. The lowest BCUT2D eigenvalue weighted by molar-refractivity contribution is 0.145. The van der Waals surface area contributed by atoms with Crippen molar-refractivity contribution in [3.63, 3.8) is 0 Å². The van der Waals surface area contributed by atoms with Crippen LogP contribution in [-0.4, -0.2) is 30.6 Å². The van der Waals surface area contributed by atoms with E-state index in [9.17, 15) is 0 Å². The fourth-order valence-electron chi connectivity index (χ4n) is 1.91. The Kier molecular flexibility index (Phi) is 4.25. The molecule has 1 aliphatic heterocycles. The second kappa shape index (κ2) is 5.50. The molecule has 0 spiro atoms. The van der Waals surface area contributed by atoms with Crippen LogP contribution >= 0.6 is 27.5 Å². The van der Waals surface area contributed by atoms with Crippen LogP contribution in [-0.2, 0) is 6.54 Å². The molecule has 2 nitrogen and oxygen atoms in total. The molecule has 1 heterocycles. The minimum Gasteiger partial charge on any atom is -0.314 e. The van der Waals surface area contributed by atoms with Gasteiger partial charge >= 0.3 is 0 Å². The molecule has 1 aromatic carbocycles. The lowest BCUT2D eigenvalue weighted by Gasteiger charge is -2.37. The summed E-state index contributed by atoms with van der Waals surface area (Å²) in [5.74, 6) is 0. The Bertz CT molecular complexity index is 366. The standard InChI is InChI=1S/C12H16BrClN2/c1-2-16(11-6-15-7-11)8-9-5-10(13)3-4-12(9)14/h3-5,11,15H,2,6-8H2,1H3. The lowest BCUT2D eigenvalue weighted by atomic mass is 10.1. The summed E-state index contributed by atoms with van der Waals surface area (Å²) in [6.45, 7) is 6.39. The topological polar surface area (TPSA) is 15.3 Å². The average Bonchev–Trinajstić information content (AvgIpc) is 2.19. The SMILES string of the molecule is CCN(Cc1cc(Br)ccc1Cl)C1CNC1. The molecule has 1 aliphatic rings. The molecule has 1 aromatic rings. The van der Waals surface area contributed by atoms with Crippen LogP contribution in [0.1, 0.15) is 12.5 Å². The Morgan fingerprint density at radius 3 is 2.81 bits per heavy atom. The molecule has 0 amide bonds. The molecule has 0 saturated carbocycles. The molecule has 1 N–H and O–H groups in total. The number of rotatable bonds is 4. The zero-order chi connectivity index (χ0) is 11.5. The maximum absolute atomic E-state index is 6.20. The van der Waals surface area contributed by atoms with Crippen LogP contribution in [0.25, 0.3) is 0 Å². The van der Waals surface area contributed by atoms with Crippen LogP contribution < -0.4 is 5.32 Å². The number of hydrogen-bond donors (Lipinski definition) is 1. The maximum atomic E-state index is 6.20. The van der Waals surface area contributed by atoms with Gasteiger partial charge in [-0.05, 0) is 30.3 Å². The Morgan fingerprint density at radius 1 is 1.50 bits per heavy atom. The van der Waals surface area contributed by atoms with Crippen molar-refractivity contribution >= 4 is 27.5 Å². The first-order valence-corrected chi connectivity index (χ1v) is 6.76. The predicted octanol–water partition coefficient (Wildman–Crippen LogP) is 2.90. The molecule has 0 radical (unpaired) electrons. The predicted molar refractivity (Wildman–Crippen MR) is 71.9 cm³/mol. The normalized spacial score (nSPS) is 16.5. The van der Waals surface area contributed by atoms with E-state index >= 15 is 0 Å². The third-order valence-corrected chi connectivity index (χ3v) is 3.93. The van der Waals surface area contributed by atoms with Crippen LogP contribution in [0.5, 0.6) is 0 Å². The quantitative estimate of drug-likeness (QED) is 0.920. The van der Waals surface area contributed by atoms with E-state index in [1.165, 1.54) is 5.56 Å². The third kappa shape index (κ3) is 2.77. The molecule has 2 rings (SSSR count). The number of benzene rings is 1. The molecule has 4 heteroatoms. The van der Waals surface area contributed by atoms with Gasteiger partial charge in [0.05, 0.1) is 0 Å². The first-order valence-electron chi connectivity index (χ1n) is 5.59. The van der Waals surface area contributed by atoms with Crippen LogP contribution in [0, 0.1) is 0 Å². The van der Waals surface area contributed by atoms with E-state index in [-0.39, 0.29) is 0 Å². The van der Waals surface area contributed by atoms with Gasteiger partial charge in [-0.2, -0.15) is 0 Å². The first-order chi connectivity index (χ1) is 7.70. The highest BCUT2D eigenvalue weighted by Crippen LogP contribution is 2.23. The van der Waals surface area contributed by atoms with Gasteiger partial charge in [0.15, 0.2) is 0 Å². The van der Waals surface area contributed by atoms with Crippen molar-refractivity contribution in [3.8, 4) is 0 Å². The number of nitrogens with zero attached hydrogens (tertiary/aromatic N) is 1. The van der Waals surface area contributed by atoms with E-state index < -0.39 is 0 Å². The van der Waals surface area contributed by atoms with Gasteiger partial charge in [0.2, 0.25) is 0 Å². The number of halogens is 2. The van der Waals surface area contributed by atoms with Crippen LogP contribution in [0.2, 0.25) is 5.02 Å². The fourth-order valence-corrected chi connectivity index (χ4v) is 2.50. The third-order valence-electron chi connectivity index (χ3n) is 3.06. The van der Waals surface area contributed by atoms with Crippen LogP contribution in [0.15, 0.2) is 22.7 Å². The van der Waals surface area contributed by atoms with E-state index in [2.05, 4.69) is 39.1 Å². The van der Waals surface area contributed by atoms with Gasteiger partial charge in [-0.15, -0.1) is 0 Å². The van der Waals surface area contributed by atoms with Crippen LogP contribution in [0.3, 0.4) is 0 Å². The maximum Gasteiger partial charge on any atom is 0.0451 e. The van der Waals surface area contributed by atoms with Crippen molar-refractivity contribution in [2.45, 2.75) is 19.5 Å². The van der Waals surface area contributed by atoms with E-state index in [1.54, 1.807) is 0 Å². The summed E-state index contributed by atoms with van der Waals surface area (Å²) in [4.78, 5) is 2.46. The molecule has 0 aliphatic carbocycles. The van der Waals surface area contributed by atoms with Crippen molar-refractivity contribution in [3.05, 3.63) is 33.3 Å². The molecular formula is C12H16BrClN2. The minimum absolute atomic E-state index is 0.667. The lowest BCUT2D eigenvalue weighted by Crippen LogP contribution is -2.56. The van der Waals surface area contributed by atoms with E-state index in [4.69, 9.17) is 11.6 Å². The number of nitrogens with one attached hydrogen (secondary N) is 1. The summed E-state index contributed by atoms with van der Waals surface area (Å²) in [5.41, 5.74) is 1.20. The van der Waals surface area contributed by atoms with Crippen molar-refractivity contribution in [1.29, 1.82) is 0 Å². The highest BCUT2D eigenvalue weighted by Gasteiger charge is 2.23. The summed E-state index contributed by atoms with van der Waals surface area (Å²) >= 11 is 9.69. The zero-order valence-corrected chi connectivity index (χ0v) is 11.7. The van der Waals surface area contributed by atoms with Crippen molar-refractivity contribution in [2.24, 2.45) is 0 Å². The van der Waals surface area contributed by atoms with Gasteiger partial charge < -0.3 is 5.32 Å². The van der Waals surface area contributed by atoms with Crippen molar-refractivity contribution in [2.75, 3.05) is 19.6 Å². The molecule has 88 valence electrons. The van der Waals surface area contributed by atoms with Crippen molar-refractivity contribution in [1.82, 2.24) is 10.2 Å². The highest BCUT2D eigenvalue weighted by molar-refractivity contribution is 9.10. The summed E-state index contributed by atoms with van der Waals surface area (Å²) in [7, 11) is 0. The molecular weight excluding hydrogens is 288 g/mol. The Hall–Kier alpha value is -0.0900. The van der Waals surface area contributed by atoms with E-state index in [0.29, 0.717) is 6.04 Å². The Morgan fingerprint density at radius 2 is 2.25 bits per heavy atom. The summed E-state index contributed by atoms with van der Waals surface area (Å²) in [6.07, 6.45) is 0. The Balaban J connectivity index is 2.08. The second-order valence-corrected chi connectivity index (χ2v) is 5.43. The molecule has 1 fully saturated rings. The first kappa shape index (κ1) is 12.4. The average molecular weight is 304 g/mol. The largest absolute Gasteiger partial charge is 0.314 e. The molecule has 0 unspecified atom stereocenters. The Labute approximate surface area is 110 Å². The molecule has 1 saturated heterocycles. The van der Waals surface area contributed by atoms with E-state index in [0.717, 1.165) is 35.7 Å². The number of hydrogen-bond acceptors (Lipinski definition) is 2. The zero-order valence-electron chi connectivity index (χ0n) is 9.34. The summed E-state index contributed by atoms with van der Waals surface area (Å²) in [6, 6.07) is 6.71. The van der Waals surface area contributed by atoms with Gasteiger partial charge in [0.1, 0.15) is 0 Å². The van der Waals surface area contributed by atoms with Gasteiger partial charge in [0, 0.05) is 35.2 Å².